The van der Waals surface area contributed by atoms with E-state index in [4.69, 9.17) is 14.2 Å². The van der Waals surface area contributed by atoms with E-state index < -0.39 is 5.82 Å². The Labute approximate surface area is 237 Å². The second-order valence-electron chi connectivity index (χ2n) is 11.7. The quantitative estimate of drug-likeness (QED) is 0.484. The Balaban J connectivity index is 1.04. The maximum atomic E-state index is 14.3. The van der Waals surface area contributed by atoms with Crippen molar-refractivity contribution in [1.29, 1.82) is 0 Å². The molecule has 2 aromatic heterocycles. The van der Waals surface area contributed by atoms with Crippen LogP contribution in [0.2, 0.25) is 0 Å². The summed E-state index contributed by atoms with van der Waals surface area (Å²) < 4.78 is 32.5. The Hall–Kier alpha value is -3.83. The summed E-state index contributed by atoms with van der Waals surface area (Å²) in [4.78, 5) is 30.6. The molecule has 5 heterocycles. The second kappa shape index (κ2) is 10.2. The Morgan fingerprint density at radius 2 is 1.88 bits per heavy atom. The van der Waals surface area contributed by atoms with Gasteiger partial charge >= 0.3 is 0 Å². The van der Waals surface area contributed by atoms with Gasteiger partial charge in [-0.25, -0.2) is 14.4 Å². The summed E-state index contributed by atoms with van der Waals surface area (Å²) in [7, 11) is 0. The van der Waals surface area contributed by atoms with E-state index in [-0.39, 0.29) is 40.8 Å². The van der Waals surface area contributed by atoms with Gasteiger partial charge in [0.15, 0.2) is 11.6 Å². The third-order valence-corrected chi connectivity index (χ3v) is 8.62. The first-order valence-corrected chi connectivity index (χ1v) is 14.2. The van der Waals surface area contributed by atoms with Crippen LogP contribution in [-0.4, -0.2) is 70.2 Å². The zero-order valence-corrected chi connectivity index (χ0v) is 23.2. The van der Waals surface area contributed by atoms with E-state index in [0.717, 1.165) is 50.5 Å². The van der Waals surface area contributed by atoms with E-state index in [1.54, 1.807) is 11.1 Å². The molecule has 0 unspecified atom stereocenters. The van der Waals surface area contributed by atoms with Gasteiger partial charge in [0.25, 0.3) is 5.91 Å². The smallest absolute Gasteiger partial charge is 0.258 e. The summed E-state index contributed by atoms with van der Waals surface area (Å²) in [5.41, 5.74) is 2.59. The molecular weight excluding hydrogens is 527 g/mol. The summed E-state index contributed by atoms with van der Waals surface area (Å²) in [6.07, 6.45) is 7.04. The van der Waals surface area contributed by atoms with Gasteiger partial charge in [0.05, 0.1) is 42.8 Å². The van der Waals surface area contributed by atoms with E-state index in [1.807, 2.05) is 26.1 Å². The molecule has 2 saturated heterocycles. The number of amides is 1. The number of nitrogens with zero attached hydrogens (tertiary/aromatic N) is 5. The number of ether oxygens (including phenoxy) is 3. The normalized spacial score (nSPS) is 23.1. The molecule has 1 saturated carbocycles. The molecule has 1 spiro atoms. The summed E-state index contributed by atoms with van der Waals surface area (Å²) in [5.74, 6) is 1.50. The van der Waals surface area contributed by atoms with Gasteiger partial charge < -0.3 is 29.3 Å². The van der Waals surface area contributed by atoms with Gasteiger partial charge in [-0.3, -0.25) is 9.78 Å². The number of halogens is 1. The highest BCUT2D eigenvalue weighted by atomic mass is 19.1. The minimum Gasteiger partial charge on any atom is -0.490 e. The number of pyridine rings is 1. The maximum absolute atomic E-state index is 14.3. The monoisotopic (exact) mass is 560 g/mol. The molecule has 0 radical (unpaired) electrons. The number of carbonyl (C=O) groups excluding carboxylic acids is 1. The average molecular weight is 561 g/mol. The largest absolute Gasteiger partial charge is 0.490 e. The Kier molecular flexibility index (Phi) is 6.50. The van der Waals surface area contributed by atoms with Crippen LogP contribution in [-0.2, 0) is 17.8 Å². The van der Waals surface area contributed by atoms with Crippen molar-refractivity contribution >= 4 is 11.7 Å². The van der Waals surface area contributed by atoms with Gasteiger partial charge in [-0.15, -0.1) is 0 Å². The number of hydrogen-bond acceptors (Lipinski definition) is 9. The van der Waals surface area contributed by atoms with Gasteiger partial charge in [-0.2, -0.15) is 0 Å². The highest BCUT2D eigenvalue weighted by Gasteiger charge is 2.54. The molecule has 3 aromatic rings. The van der Waals surface area contributed by atoms with Crippen LogP contribution < -0.4 is 19.7 Å². The third-order valence-electron chi connectivity index (χ3n) is 8.62. The van der Waals surface area contributed by atoms with Crippen LogP contribution in [0.5, 0.6) is 17.2 Å². The number of aromatic nitrogens is 3. The van der Waals surface area contributed by atoms with E-state index in [9.17, 15) is 9.18 Å². The molecule has 1 aliphatic carbocycles. The summed E-state index contributed by atoms with van der Waals surface area (Å²) >= 11 is 0. The van der Waals surface area contributed by atoms with E-state index in [1.165, 1.54) is 30.1 Å². The number of anilines is 1. The highest BCUT2D eigenvalue weighted by molar-refractivity contribution is 5.97. The number of benzene rings is 1. The van der Waals surface area contributed by atoms with Crippen LogP contribution in [0.25, 0.3) is 0 Å². The van der Waals surface area contributed by atoms with Crippen LogP contribution >= 0.6 is 0 Å². The molecule has 10 nitrogen and oxygen atoms in total. The zero-order chi connectivity index (χ0) is 28.1. The molecule has 11 heteroatoms. The number of carbonyl (C=O) groups is 1. The van der Waals surface area contributed by atoms with Crippen molar-refractivity contribution in [2.45, 2.75) is 58.0 Å². The average Bonchev–Trinajstić information content (AvgIpc) is 3.40. The van der Waals surface area contributed by atoms with E-state index >= 15 is 0 Å². The van der Waals surface area contributed by atoms with Gasteiger partial charge in [0.1, 0.15) is 29.7 Å². The van der Waals surface area contributed by atoms with Crippen molar-refractivity contribution in [3.63, 3.8) is 0 Å². The molecule has 0 bridgehead atoms. The zero-order valence-electron chi connectivity index (χ0n) is 23.2. The molecule has 214 valence electrons. The summed E-state index contributed by atoms with van der Waals surface area (Å²) in [6.45, 7) is 7.96. The summed E-state index contributed by atoms with van der Waals surface area (Å²) in [6, 6.07) is 5.71. The van der Waals surface area contributed by atoms with Crippen LogP contribution in [0.15, 0.2) is 43.0 Å². The predicted octanol–water partition coefficient (Wildman–Crippen LogP) is 3.70. The minimum atomic E-state index is -0.502. The Morgan fingerprint density at radius 3 is 2.68 bits per heavy atom. The van der Waals surface area contributed by atoms with Crippen molar-refractivity contribution < 1.29 is 23.4 Å². The molecule has 3 aliphatic heterocycles. The van der Waals surface area contributed by atoms with Gasteiger partial charge in [0.2, 0.25) is 0 Å². The van der Waals surface area contributed by atoms with Crippen molar-refractivity contribution in [2.75, 3.05) is 31.2 Å². The molecular formula is C30H33FN6O4. The van der Waals surface area contributed by atoms with Crippen LogP contribution in [0, 0.1) is 11.2 Å². The van der Waals surface area contributed by atoms with Gasteiger partial charge in [0, 0.05) is 43.4 Å². The lowest BCUT2D eigenvalue weighted by Gasteiger charge is -2.58. The Bertz CT molecular complexity index is 1460. The maximum Gasteiger partial charge on any atom is 0.258 e. The fourth-order valence-corrected chi connectivity index (χ4v) is 6.65. The number of rotatable bonds is 6. The fourth-order valence-electron chi connectivity index (χ4n) is 6.65. The standard InChI is InChI=1S/C30H33FN6O4/c1-18-13-39-14-19(2)37(18)29(38)22-7-20(31)3-4-25(22)41-27-12-33-17-35-28(27)36-15-30(16-36)8-21(9-30)40-26-5-6-34-24-11-32-10-23(24)26/h3-7,12,17-19,21,32H,8-11,13-16H2,1-2H3/t18-,19-/m1/s1. The predicted molar refractivity (Wildman–Crippen MR) is 147 cm³/mol. The molecule has 41 heavy (non-hydrogen) atoms. The molecule has 1 aromatic carbocycles. The lowest BCUT2D eigenvalue weighted by Crippen LogP contribution is -2.65. The minimum absolute atomic E-state index is 0.137. The van der Waals surface area contributed by atoms with Crippen LogP contribution in [0.3, 0.4) is 0 Å². The van der Waals surface area contributed by atoms with Crippen molar-refractivity contribution in [3.05, 3.63) is 65.6 Å². The number of morpholine rings is 1. The molecule has 1 N–H and O–H groups in total. The third kappa shape index (κ3) is 4.76. The van der Waals surface area contributed by atoms with Gasteiger partial charge in [-0.05, 0) is 51.0 Å². The van der Waals surface area contributed by atoms with E-state index in [2.05, 4.69) is 25.2 Å². The first-order chi connectivity index (χ1) is 19.9. The highest BCUT2D eigenvalue weighted by Crippen LogP contribution is 2.52. The van der Waals surface area contributed by atoms with E-state index in [0.29, 0.717) is 24.8 Å². The van der Waals surface area contributed by atoms with Crippen molar-refractivity contribution in [2.24, 2.45) is 5.41 Å². The second-order valence-corrected chi connectivity index (χ2v) is 11.7. The number of nitrogens with one attached hydrogen (secondary N) is 1. The summed E-state index contributed by atoms with van der Waals surface area (Å²) in [5, 5.41) is 3.34. The van der Waals surface area contributed by atoms with Crippen LogP contribution in [0.1, 0.15) is 48.3 Å². The molecule has 4 aliphatic rings. The SMILES string of the molecule is C[C@@H]1COC[C@@H](C)N1C(=O)c1cc(F)ccc1Oc1cncnc1N1CC2(CC(Oc3ccnc4c3CNC4)C2)C1. The number of fused-ring (bicyclic) bond motifs is 1. The lowest BCUT2D eigenvalue weighted by atomic mass is 9.61. The topological polar surface area (TPSA) is 102 Å². The molecule has 1 amide bonds. The number of hydrogen-bond donors (Lipinski definition) is 1. The van der Waals surface area contributed by atoms with Crippen molar-refractivity contribution in [3.8, 4) is 17.2 Å². The van der Waals surface area contributed by atoms with Crippen molar-refractivity contribution in [1.82, 2.24) is 25.2 Å². The lowest BCUT2D eigenvalue weighted by molar-refractivity contribution is -0.0348. The van der Waals surface area contributed by atoms with Gasteiger partial charge in [-0.1, -0.05) is 0 Å². The molecule has 2 atom stereocenters. The Morgan fingerprint density at radius 1 is 1.07 bits per heavy atom. The van der Waals surface area contributed by atoms with Crippen LogP contribution in [0.4, 0.5) is 10.2 Å². The first-order valence-electron chi connectivity index (χ1n) is 14.2. The fraction of sp³-hybridized carbons (Fsp3) is 0.467. The molecule has 7 rings (SSSR count). The molecule has 3 fully saturated rings. The first kappa shape index (κ1) is 26.1.